The molecule has 2 heterocycles. The number of rotatable bonds is 0. The van der Waals surface area contributed by atoms with Gasteiger partial charge < -0.3 is 9.88 Å². The van der Waals surface area contributed by atoms with Crippen molar-refractivity contribution in [2.24, 2.45) is 4.99 Å². The molecule has 0 saturated heterocycles. The summed E-state index contributed by atoms with van der Waals surface area (Å²) in [6, 6.07) is 0. The molecule has 5 heteroatoms. The van der Waals surface area contributed by atoms with Crippen LogP contribution in [0.5, 0.6) is 0 Å². The lowest BCUT2D eigenvalue weighted by atomic mass is 10.1. The Kier molecular flexibility index (Phi) is 1.99. The Hall–Kier alpha value is -1.52. The first-order valence-electron chi connectivity index (χ1n) is 4.99. The third kappa shape index (κ3) is 1.58. The maximum atomic E-state index is 4.47. The summed E-state index contributed by atoms with van der Waals surface area (Å²) in [7, 11) is 1.92. The largest absolute Gasteiger partial charge is 0.351 e. The van der Waals surface area contributed by atoms with Gasteiger partial charge in [0.2, 0.25) is 0 Å². The summed E-state index contributed by atoms with van der Waals surface area (Å²) in [6.45, 7) is 10.3. The lowest BCUT2D eigenvalue weighted by Crippen LogP contribution is -2.26. The quantitative estimate of drug-likeness (QED) is 0.633. The summed E-state index contributed by atoms with van der Waals surface area (Å²) in [5.41, 5.74) is 2.51. The van der Waals surface area contributed by atoms with Gasteiger partial charge >= 0.3 is 0 Å². The van der Waals surface area contributed by atoms with Crippen LogP contribution in [0.15, 0.2) is 17.9 Å². The van der Waals surface area contributed by atoms with Crippen molar-refractivity contribution in [3.8, 4) is 0 Å². The van der Waals surface area contributed by atoms with Crippen molar-refractivity contribution in [2.45, 2.75) is 26.3 Å². The molecule has 78 valence electrons. The van der Waals surface area contributed by atoms with Crippen LogP contribution in [0.25, 0.3) is 5.70 Å². The van der Waals surface area contributed by atoms with E-state index in [4.69, 9.17) is 0 Å². The van der Waals surface area contributed by atoms with E-state index in [2.05, 4.69) is 47.2 Å². The fourth-order valence-electron chi connectivity index (χ4n) is 1.62. The van der Waals surface area contributed by atoms with Crippen LogP contribution < -0.4 is 5.32 Å². The summed E-state index contributed by atoms with van der Waals surface area (Å²) in [5, 5.41) is 3.08. The number of aliphatic imine (C=N–C) groups is 1. The van der Waals surface area contributed by atoms with E-state index >= 15 is 0 Å². The topological polar surface area (TPSA) is 42.2 Å². The molecular weight excluding hydrogens is 187 g/mol. The Labute approximate surface area is 90.5 Å². The second kappa shape index (κ2) is 2.99. The summed E-state index contributed by atoms with van der Waals surface area (Å²) >= 11 is 0. The van der Waals surface area contributed by atoms with Crippen molar-refractivity contribution in [1.82, 2.24) is 14.9 Å². The lowest BCUT2D eigenvalue weighted by molar-refractivity contribution is 0.400. The Bertz CT molecular complexity index is 450. The number of hydrogen-bond donors (Lipinski definition) is 1. The lowest BCUT2D eigenvalue weighted by Gasteiger charge is -2.24. The Balaban J connectivity index is 2.62. The minimum absolute atomic E-state index is 0.0119. The second-order valence-electron chi connectivity index (χ2n) is 4.76. The predicted molar refractivity (Wildman–Crippen MR) is 65.0 cm³/mol. The molecule has 0 atom stereocenters. The van der Waals surface area contributed by atoms with Gasteiger partial charge in [0.15, 0.2) is 13.7 Å². The van der Waals surface area contributed by atoms with E-state index in [1.54, 1.807) is 0 Å². The smallest absolute Gasteiger partial charge is 0.186 e. The van der Waals surface area contributed by atoms with Crippen LogP contribution in [0.3, 0.4) is 0 Å². The molecule has 2 rings (SSSR count). The van der Waals surface area contributed by atoms with Gasteiger partial charge in [0.25, 0.3) is 0 Å². The minimum Gasteiger partial charge on any atom is -0.351 e. The van der Waals surface area contributed by atoms with E-state index in [9.17, 15) is 0 Å². The van der Waals surface area contributed by atoms with E-state index < -0.39 is 0 Å². The van der Waals surface area contributed by atoms with Crippen molar-refractivity contribution < 1.29 is 0 Å². The van der Waals surface area contributed by atoms with Crippen LogP contribution in [0.2, 0.25) is 0 Å². The molecule has 0 fully saturated rings. The second-order valence-corrected chi connectivity index (χ2v) is 4.76. The third-order valence-electron chi connectivity index (χ3n) is 2.36. The molecule has 0 radical (unpaired) electrons. The highest BCUT2D eigenvalue weighted by Crippen LogP contribution is 2.31. The monoisotopic (exact) mass is 202 g/mol. The molecule has 0 aliphatic carbocycles. The molecule has 1 aliphatic rings. The highest BCUT2D eigenvalue weighted by atomic mass is 15.2. The number of amidine groups is 1. The van der Waals surface area contributed by atoms with Crippen LogP contribution in [0.1, 0.15) is 26.5 Å². The number of aromatic nitrogens is 2. The fourth-order valence-corrected chi connectivity index (χ4v) is 1.62. The van der Waals surface area contributed by atoms with Crippen LogP contribution in [0, 0.1) is 0 Å². The highest BCUT2D eigenvalue weighted by molar-refractivity contribution is 6.60. The molecule has 1 aliphatic heterocycles. The molecule has 0 spiro atoms. The molecule has 4 nitrogen and oxygen atoms in total. The first kappa shape index (κ1) is 10.0. The van der Waals surface area contributed by atoms with Crippen molar-refractivity contribution >= 4 is 25.1 Å². The first-order chi connectivity index (χ1) is 6.89. The van der Waals surface area contributed by atoms with Crippen LogP contribution >= 0.6 is 0 Å². The highest BCUT2D eigenvalue weighted by Gasteiger charge is 2.23. The van der Waals surface area contributed by atoms with Gasteiger partial charge in [0, 0.05) is 5.54 Å². The molecule has 0 amide bonds. The molecule has 1 aromatic rings. The molecule has 0 saturated carbocycles. The summed E-state index contributed by atoms with van der Waals surface area (Å²) in [4.78, 5) is 8.80. The zero-order valence-electron chi connectivity index (χ0n) is 9.63. The molecule has 0 bridgehead atoms. The summed E-state index contributed by atoms with van der Waals surface area (Å²) in [6.07, 6.45) is 1.82. The maximum absolute atomic E-state index is 4.47. The molecule has 1 N–H and O–H groups in total. The minimum atomic E-state index is -0.0119. The zero-order chi connectivity index (χ0) is 11.2. The predicted octanol–water partition coefficient (Wildman–Crippen LogP) is 0.833. The van der Waals surface area contributed by atoms with Crippen molar-refractivity contribution in [3.05, 3.63) is 18.6 Å². The van der Waals surface area contributed by atoms with Gasteiger partial charge in [0.05, 0.1) is 17.8 Å². The average molecular weight is 202 g/mol. The number of nitrogens with one attached hydrogen (secondary N) is 1. The average Bonchev–Trinajstić information content (AvgIpc) is 2.45. The number of nitrogens with zero attached hydrogens (tertiary/aromatic N) is 3. The van der Waals surface area contributed by atoms with Crippen molar-refractivity contribution in [2.75, 3.05) is 0 Å². The van der Waals surface area contributed by atoms with Crippen molar-refractivity contribution in [3.63, 3.8) is 0 Å². The fraction of sp³-hybridized carbons (Fsp3) is 0.400. The van der Waals surface area contributed by atoms with E-state index in [0.717, 1.165) is 22.9 Å². The first-order valence-corrected chi connectivity index (χ1v) is 4.99. The standard InChI is InChI=1S/C10H15BN4/c1-6-7-8(14-9(11)13-6)15(5-12-7)10(2,3)4/h5H,1,11H2,2-4H3,(H,13,14). The Morgan fingerprint density at radius 2 is 2.13 bits per heavy atom. The van der Waals surface area contributed by atoms with Gasteiger partial charge in [-0.3, -0.25) is 0 Å². The number of fused-ring (bicyclic) bond motifs is 1. The summed E-state index contributed by atoms with van der Waals surface area (Å²) < 4.78 is 2.07. The van der Waals surface area contributed by atoms with E-state index in [1.807, 2.05) is 14.2 Å². The van der Waals surface area contributed by atoms with Gasteiger partial charge in [-0.25, -0.2) is 9.98 Å². The van der Waals surface area contributed by atoms with Crippen molar-refractivity contribution in [1.29, 1.82) is 0 Å². The van der Waals surface area contributed by atoms with Gasteiger partial charge in [0.1, 0.15) is 5.69 Å². The normalized spacial score (nSPS) is 15.7. The molecule has 0 aromatic carbocycles. The van der Waals surface area contributed by atoms with Gasteiger partial charge in [-0.1, -0.05) is 6.58 Å². The SMILES string of the molecule is BC1=Nc2c(ncn2C(C)(C)C)C(=C)N1. The molecule has 0 unspecified atom stereocenters. The molecule has 1 aromatic heterocycles. The third-order valence-corrected chi connectivity index (χ3v) is 2.36. The Morgan fingerprint density at radius 1 is 1.47 bits per heavy atom. The van der Waals surface area contributed by atoms with Gasteiger partial charge in [-0.15, -0.1) is 0 Å². The maximum Gasteiger partial charge on any atom is 0.186 e. The van der Waals surface area contributed by atoms with Crippen LogP contribution in [-0.4, -0.2) is 23.1 Å². The summed E-state index contributed by atoms with van der Waals surface area (Å²) in [5.74, 6) is 0.892. The van der Waals surface area contributed by atoms with E-state index in [1.165, 1.54) is 0 Å². The van der Waals surface area contributed by atoms with Gasteiger partial charge in [-0.2, -0.15) is 0 Å². The Morgan fingerprint density at radius 3 is 2.73 bits per heavy atom. The van der Waals surface area contributed by atoms with Crippen LogP contribution in [-0.2, 0) is 5.54 Å². The van der Waals surface area contributed by atoms with E-state index in [0.29, 0.717) is 0 Å². The van der Waals surface area contributed by atoms with Gasteiger partial charge in [-0.05, 0) is 20.8 Å². The molecule has 15 heavy (non-hydrogen) atoms. The zero-order valence-corrected chi connectivity index (χ0v) is 9.63. The number of imidazole rings is 1. The van der Waals surface area contributed by atoms with E-state index in [-0.39, 0.29) is 5.54 Å². The molecular formula is C10H15BN4. The van der Waals surface area contributed by atoms with Crippen LogP contribution in [0.4, 0.5) is 5.82 Å². The number of hydrogen-bond acceptors (Lipinski definition) is 3.